The molecule has 1 aromatic carbocycles. The molecule has 0 aliphatic heterocycles. The molecule has 102 valence electrons. The van der Waals surface area contributed by atoms with Gasteiger partial charge in [-0.2, -0.15) is 0 Å². The van der Waals surface area contributed by atoms with Crippen LogP contribution < -0.4 is 5.32 Å². The third kappa shape index (κ3) is 6.10. The molecular formula is C14H24FN3. The third-order valence-corrected chi connectivity index (χ3v) is 2.80. The fourth-order valence-electron chi connectivity index (χ4n) is 1.69. The van der Waals surface area contributed by atoms with Crippen molar-refractivity contribution in [3.05, 3.63) is 35.6 Å². The first-order chi connectivity index (χ1) is 8.59. The molecule has 0 heterocycles. The van der Waals surface area contributed by atoms with Crippen molar-refractivity contribution >= 4 is 0 Å². The second kappa shape index (κ2) is 8.19. The Morgan fingerprint density at radius 2 is 1.72 bits per heavy atom. The van der Waals surface area contributed by atoms with E-state index in [-0.39, 0.29) is 5.82 Å². The van der Waals surface area contributed by atoms with Crippen molar-refractivity contribution in [1.29, 1.82) is 0 Å². The van der Waals surface area contributed by atoms with Gasteiger partial charge in [-0.3, -0.25) is 0 Å². The Morgan fingerprint density at radius 1 is 1.06 bits per heavy atom. The normalized spacial score (nSPS) is 11.4. The van der Waals surface area contributed by atoms with Crippen LogP contribution in [0.2, 0.25) is 0 Å². The number of hydrogen-bond acceptors (Lipinski definition) is 3. The molecule has 3 nitrogen and oxygen atoms in total. The molecule has 0 aromatic heterocycles. The Bertz CT molecular complexity index is 342. The first-order valence-corrected chi connectivity index (χ1v) is 6.37. The first kappa shape index (κ1) is 15.1. The van der Waals surface area contributed by atoms with Gasteiger partial charge in [0, 0.05) is 38.3 Å². The lowest BCUT2D eigenvalue weighted by atomic mass is 10.2. The fraction of sp³-hybridized carbons (Fsp3) is 0.571. The highest BCUT2D eigenvalue weighted by Crippen LogP contribution is 2.08. The summed E-state index contributed by atoms with van der Waals surface area (Å²) in [6, 6.07) is 6.95. The SMILES string of the molecule is CN(C)CCNCCN(C)Cc1ccccc1F. The molecule has 0 fully saturated rings. The van der Waals surface area contributed by atoms with Gasteiger partial charge in [-0.15, -0.1) is 0 Å². The van der Waals surface area contributed by atoms with Crippen LogP contribution in [0.15, 0.2) is 24.3 Å². The molecule has 0 aliphatic carbocycles. The smallest absolute Gasteiger partial charge is 0.127 e. The number of benzene rings is 1. The highest BCUT2D eigenvalue weighted by atomic mass is 19.1. The van der Waals surface area contributed by atoms with Crippen molar-refractivity contribution in [2.24, 2.45) is 0 Å². The molecule has 1 rings (SSSR count). The van der Waals surface area contributed by atoms with E-state index >= 15 is 0 Å². The predicted octanol–water partition coefficient (Wildman–Crippen LogP) is 1.41. The van der Waals surface area contributed by atoms with Crippen LogP contribution in [-0.4, -0.2) is 57.1 Å². The van der Waals surface area contributed by atoms with Crippen LogP contribution in [0.4, 0.5) is 4.39 Å². The van der Waals surface area contributed by atoms with E-state index in [0.717, 1.165) is 31.7 Å². The molecule has 1 aromatic rings. The minimum absolute atomic E-state index is 0.120. The molecule has 0 unspecified atom stereocenters. The van der Waals surface area contributed by atoms with E-state index in [0.29, 0.717) is 6.54 Å². The maximum absolute atomic E-state index is 13.4. The van der Waals surface area contributed by atoms with E-state index in [2.05, 4.69) is 29.2 Å². The van der Waals surface area contributed by atoms with Crippen LogP contribution in [0, 0.1) is 5.82 Å². The standard InChI is InChI=1S/C14H24FN3/c1-17(2)10-8-16-9-11-18(3)12-13-6-4-5-7-14(13)15/h4-7,16H,8-12H2,1-3H3. The van der Waals surface area contributed by atoms with E-state index in [1.54, 1.807) is 6.07 Å². The molecule has 0 aliphatic rings. The van der Waals surface area contributed by atoms with Gasteiger partial charge >= 0.3 is 0 Å². The summed E-state index contributed by atoms with van der Waals surface area (Å²) in [6.45, 7) is 4.53. The van der Waals surface area contributed by atoms with Gasteiger partial charge in [0.25, 0.3) is 0 Å². The van der Waals surface area contributed by atoms with E-state index in [1.807, 2.05) is 19.2 Å². The quantitative estimate of drug-likeness (QED) is 0.707. The van der Waals surface area contributed by atoms with Crippen LogP contribution in [0.1, 0.15) is 5.56 Å². The topological polar surface area (TPSA) is 18.5 Å². The average molecular weight is 253 g/mol. The Kier molecular flexibility index (Phi) is 6.86. The molecule has 0 atom stereocenters. The summed E-state index contributed by atoms with van der Waals surface area (Å²) in [5.74, 6) is -0.120. The second-order valence-corrected chi connectivity index (χ2v) is 4.88. The lowest BCUT2D eigenvalue weighted by molar-refractivity contribution is 0.314. The van der Waals surface area contributed by atoms with Gasteiger partial charge in [-0.05, 0) is 27.2 Å². The molecule has 18 heavy (non-hydrogen) atoms. The van der Waals surface area contributed by atoms with Gasteiger partial charge in [-0.25, -0.2) is 4.39 Å². The van der Waals surface area contributed by atoms with E-state index < -0.39 is 0 Å². The molecule has 0 bridgehead atoms. The van der Waals surface area contributed by atoms with Gasteiger partial charge in [0.1, 0.15) is 5.82 Å². The Hall–Kier alpha value is -0.970. The molecule has 0 radical (unpaired) electrons. The van der Waals surface area contributed by atoms with Crippen molar-refractivity contribution in [2.75, 3.05) is 47.3 Å². The minimum Gasteiger partial charge on any atom is -0.314 e. The van der Waals surface area contributed by atoms with Gasteiger partial charge in [0.05, 0.1) is 0 Å². The van der Waals surface area contributed by atoms with Crippen LogP contribution in [0.3, 0.4) is 0 Å². The maximum Gasteiger partial charge on any atom is 0.127 e. The van der Waals surface area contributed by atoms with E-state index in [9.17, 15) is 4.39 Å². The van der Waals surface area contributed by atoms with Crippen molar-refractivity contribution in [3.63, 3.8) is 0 Å². The lowest BCUT2D eigenvalue weighted by Crippen LogP contribution is -2.33. The van der Waals surface area contributed by atoms with Crippen molar-refractivity contribution in [1.82, 2.24) is 15.1 Å². The number of nitrogens with one attached hydrogen (secondary N) is 1. The van der Waals surface area contributed by atoms with Crippen molar-refractivity contribution < 1.29 is 4.39 Å². The second-order valence-electron chi connectivity index (χ2n) is 4.88. The van der Waals surface area contributed by atoms with Crippen molar-refractivity contribution in [2.45, 2.75) is 6.54 Å². The third-order valence-electron chi connectivity index (χ3n) is 2.80. The molecule has 0 spiro atoms. The summed E-state index contributed by atoms with van der Waals surface area (Å²) in [5.41, 5.74) is 0.758. The summed E-state index contributed by atoms with van der Waals surface area (Å²) in [7, 11) is 6.14. The summed E-state index contributed by atoms with van der Waals surface area (Å²) < 4.78 is 13.4. The average Bonchev–Trinajstić information content (AvgIpc) is 2.31. The van der Waals surface area contributed by atoms with Crippen LogP contribution in [-0.2, 0) is 6.54 Å². The van der Waals surface area contributed by atoms with E-state index in [1.165, 1.54) is 6.07 Å². The summed E-state index contributed by atoms with van der Waals surface area (Å²) in [5, 5.41) is 3.37. The fourth-order valence-corrected chi connectivity index (χ4v) is 1.69. The van der Waals surface area contributed by atoms with Crippen molar-refractivity contribution in [3.8, 4) is 0 Å². The van der Waals surface area contributed by atoms with Crippen LogP contribution in [0.5, 0.6) is 0 Å². The van der Waals surface area contributed by atoms with Gasteiger partial charge in [0.15, 0.2) is 0 Å². The first-order valence-electron chi connectivity index (χ1n) is 6.37. The summed E-state index contributed by atoms with van der Waals surface area (Å²) in [4.78, 5) is 4.27. The number of hydrogen-bond donors (Lipinski definition) is 1. The lowest BCUT2D eigenvalue weighted by Gasteiger charge is -2.18. The predicted molar refractivity (Wildman–Crippen MR) is 74.2 cm³/mol. The Balaban J connectivity index is 2.18. The Morgan fingerprint density at radius 3 is 2.39 bits per heavy atom. The highest BCUT2D eigenvalue weighted by Gasteiger charge is 2.04. The zero-order valence-corrected chi connectivity index (χ0v) is 11.6. The largest absolute Gasteiger partial charge is 0.314 e. The summed E-state index contributed by atoms with van der Waals surface area (Å²) in [6.07, 6.45) is 0. The maximum atomic E-state index is 13.4. The number of halogens is 1. The highest BCUT2D eigenvalue weighted by molar-refractivity contribution is 5.16. The zero-order valence-electron chi connectivity index (χ0n) is 11.6. The van der Waals surface area contributed by atoms with Gasteiger partial charge < -0.3 is 15.1 Å². The molecule has 0 amide bonds. The number of likely N-dealkylation sites (N-methyl/N-ethyl adjacent to an activating group) is 2. The zero-order chi connectivity index (χ0) is 13.4. The number of nitrogens with zero attached hydrogens (tertiary/aromatic N) is 2. The van der Waals surface area contributed by atoms with E-state index in [4.69, 9.17) is 0 Å². The summed E-state index contributed by atoms with van der Waals surface area (Å²) >= 11 is 0. The molecule has 0 saturated carbocycles. The monoisotopic (exact) mass is 253 g/mol. The van der Waals surface area contributed by atoms with Crippen LogP contribution in [0.25, 0.3) is 0 Å². The molecular weight excluding hydrogens is 229 g/mol. The van der Waals surface area contributed by atoms with Gasteiger partial charge in [-0.1, -0.05) is 18.2 Å². The Labute approximate surface area is 110 Å². The molecule has 4 heteroatoms. The van der Waals surface area contributed by atoms with Gasteiger partial charge in [0.2, 0.25) is 0 Å². The molecule has 1 N–H and O–H groups in total. The minimum atomic E-state index is -0.120. The molecule has 0 saturated heterocycles. The number of rotatable bonds is 8. The van der Waals surface area contributed by atoms with Crippen LogP contribution >= 0.6 is 0 Å².